The fourth-order valence-electron chi connectivity index (χ4n) is 2.04. The van der Waals surface area contributed by atoms with Crippen LogP contribution in [0.1, 0.15) is 24.7 Å². The van der Waals surface area contributed by atoms with E-state index in [0.717, 1.165) is 43.4 Å². The molecule has 1 saturated heterocycles. The van der Waals surface area contributed by atoms with Crippen LogP contribution in [0.15, 0.2) is 0 Å². The van der Waals surface area contributed by atoms with E-state index in [0.29, 0.717) is 6.04 Å². The zero-order valence-electron chi connectivity index (χ0n) is 10.2. The number of aromatic nitrogens is 3. The molecule has 2 heterocycles. The third-order valence-corrected chi connectivity index (χ3v) is 3.15. The molecule has 0 saturated carbocycles. The van der Waals surface area contributed by atoms with Gasteiger partial charge in [-0.3, -0.25) is 0 Å². The first kappa shape index (κ1) is 11.3. The highest BCUT2D eigenvalue weighted by Gasteiger charge is 2.23. The van der Waals surface area contributed by atoms with Gasteiger partial charge in [-0.1, -0.05) is 0 Å². The highest BCUT2D eigenvalue weighted by molar-refractivity contribution is 5.32. The van der Waals surface area contributed by atoms with Crippen molar-refractivity contribution in [1.82, 2.24) is 20.5 Å². The van der Waals surface area contributed by atoms with Crippen LogP contribution in [0.5, 0.6) is 0 Å². The van der Waals surface area contributed by atoms with Crippen molar-refractivity contribution in [1.29, 1.82) is 0 Å². The van der Waals surface area contributed by atoms with Crippen molar-refractivity contribution in [3.05, 3.63) is 11.4 Å². The number of anilines is 1. The Kier molecular flexibility index (Phi) is 3.33. The summed E-state index contributed by atoms with van der Waals surface area (Å²) in [5.74, 6) is 0.763. The number of hydrogen-bond donors (Lipinski definition) is 1. The minimum atomic E-state index is 0.508. The van der Waals surface area contributed by atoms with Crippen LogP contribution >= 0.6 is 0 Å². The molecule has 1 N–H and O–H groups in total. The Balaban J connectivity index is 2.22. The molecule has 0 aliphatic carbocycles. The van der Waals surface area contributed by atoms with Gasteiger partial charge in [0.25, 0.3) is 0 Å². The fourth-order valence-corrected chi connectivity index (χ4v) is 2.04. The minimum absolute atomic E-state index is 0.508. The van der Waals surface area contributed by atoms with Gasteiger partial charge in [-0.2, -0.15) is 5.10 Å². The predicted octanol–water partition coefficient (Wildman–Crippen LogP) is 0.677. The summed E-state index contributed by atoms with van der Waals surface area (Å²) < 4.78 is 0. The zero-order chi connectivity index (χ0) is 11.5. The third kappa shape index (κ3) is 2.14. The summed E-state index contributed by atoms with van der Waals surface area (Å²) in [7, 11) is 0. The molecule has 88 valence electrons. The summed E-state index contributed by atoms with van der Waals surface area (Å²) in [5, 5.41) is 11.7. The third-order valence-electron chi connectivity index (χ3n) is 3.15. The van der Waals surface area contributed by atoms with Crippen LogP contribution in [0.2, 0.25) is 0 Å². The molecule has 5 nitrogen and oxygen atoms in total. The lowest BCUT2D eigenvalue weighted by molar-refractivity contribution is 0.622. The first-order valence-corrected chi connectivity index (χ1v) is 5.87. The second-order valence-electron chi connectivity index (χ2n) is 4.22. The van der Waals surface area contributed by atoms with Gasteiger partial charge in [-0.05, 0) is 33.7 Å². The molecule has 2 rings (SSSR count). The molecule has 1 aliphatic heterocycles. The lowest BCUT2D eigenvalue weighted by atomic mass is 10.2. The zero-order valence-corrected chi connectivity index (χ0v) is 10.2. The second kappa shape index (κ2) is 4.74. The Bertz CT molecular complexity index is 359. The quantitative estimate of drug-likeness (QED) is 0.813. The highest BCUT2D eigenvalue weighted by atomic mass is 15.3. The Morgan fingerprint density at radius 1 is 1.31 bits per heavy atom. The molecular weight excluding hydrogens is 202 g/mol. The van der Waals surface area contributed by atoms with E-state index in [1.54, 1.807) is 0 Å². The van der Waals surface area contributed by atoms with Gasteiger partial charge in [-0.15, -0.1) is 5.10 Å². The standard InChI is InChI=1S/C11H19N5/c1-4-16(10-5-6-12-7-10)11-13-8(2)9(3)14-15-11/h10,12H,4-7H2,1-3H3. The van der Waals surface area contributed by atoms with E-state index in [1.165, 1.54) is 0 Å². The summed E-state index contributed by atoms with van der Waals surface area (Å²) in [4.78, 5) is 6.75. The fraction of sp³-hybridized carbons (Fsp3) is 0.727. The van der Waals surface area contributed by atoms with E-state index < -0.39 is 0 Å². The van der Waals surface area contributed by atoms with Crippen molar-refractivity contribution >= 4 is 5.95 Å². The first-order valence-electron chi connectivity index (χ1n) is 5.87. The Hall–Kier alpha value is -1.23. The van der Waals surface area contributed by atoms with Gasteiger partial charge in [0.2, 0.25) is 5.95 Å². The van der Waals surface area contributed by atoms with Gasteiger partial charge in [-0.25, -0.2) is 4.98 Å². The number of aryl methyl sites for hydroxylation is 2. The lowest BCUT2D eigenvalue weighted by Crippen LogP contribution is -2.38. The number of likely N-dealkylation sites (N-methyl/N-ethyl adjacent to an activating group) is 1. The van der Waals surface area contributed by atoms with Gasteiger partial charge in [0.1, 0.15) is 0 Å². The van der Waals surface area contributed by atoms with Gasteiger partial charge in [0.05, 0.1) is 11.4 Å². The maximum atomic E-state index is 4.51. The van der Waals surface area contributed by atoms with Crippen LogP contribution in [0.25, 0.3) is 0 Å². The molecule has 1 atom stereocenters. The van der Waals surface area contributed by atoms with Crippen LogP contribution in [0.3, 0.4) is 0 Å². The van der Waals surface area contributed by atoms with Crippen LogP contribution in [-0.4, -0.2) is 40.9 Å². The topological polar surface area (TPSA) is 53.9 Å². The summed E-state index contributed by atoms with van der Waals surface area (Å²) in [5.41, 5.74) is 1.87. The van der Waals surface area contributed by atoms with Crippen molar-refractivity contribution < 1.29 is 0 Å². The summed E-state index contributed by atoms with van der Waals surface area (Å²) in [6.45, 7) is 9.08. The SMILES string of the molecule is CCN(c1nnc(C)c(C)n1)C1CCNC1. The molecular formula is C11H19N5. The molecule has 0 aromatic carbocycles. The van der Waals surface area contributed by atoms with Crippen molar-refractivity contribution in [3.63, 3.8) is 0 Å². The molecule has 1 fully saturated rings. The number of nitrogens with zero attached hydrogens (tertiary/aromatic N) is 4. The minimum Gasteiger partial charge on any atom is -0.335 e. The Morgan fingerprint density at radius 3 is 2.69 bits per heavy atom. The molecule has 1 aromatic rings. The average Bonchev–Trinajstić information content (AvgIpc) is 2.78. The molecule has 0 amide bonds. The average molecular weight is 221 g/mol. The van der Waals surface area contributed by atoms with Crippen molar-refractivity contribution in [2.45, 2.75) is 33.2 Å². The van der Waals surface area contributed by atoms with E-state index in [-0.39, 0.29) is 0 Å². The van der Waals surface area contributed by atoms with Gasteiger partial charge >= 0.3 is 0 Å². The Labute approximate surface area is 96.3 Å². The van der Waals surface area contributed by atoms with Crippen molar-refractivity contribution in [2.24, 2.45) is 0 Å². The number of nitrogens with one attached hydrogen (secondary N) is 1. The molecule has 5 heteroatoms. The lowest BCUT2D eigenvalue weighted by Gasteiger charge is -2.26. The van der Waals surface area contributed by atoms with Gasteiger partial charge < -0.3 is 10.2 Å². The maximum Gasteiger partial charge on any atom is 0.245 e. The monoisotopic (exact) mass is 221 g/mol. The molecule has 16 heavy (non-hydrogen) atoms. The molecule has 1 aliphatic rings. The molecule has 0 bridgehead atoms. The molecule has 1 aromatic heterocycles. The van der Waals surface area contributed by atoms with Crippen molar-refractivity contribution in [2.75, 3.05) is 24.5 Å². The first-order chi connectivity index (χ1) is 7.72. The Morgan fingerprint density at radius 2 is 2.12 bits per heavy atom. The molecule has 1 unspecified atom stereocenters. The highest BCUT2D eigenvalue weighted by Crippen LogP contribution is 2.15. The van der Waals surface area contributed by atoms with E-state index >= 15 is 0 Å². The van der Waals surface area contributed by atoms with Crippen LogP contribution in [-0.2, 0) is 0 Å². The van der Waals surface area contributed by atoms with E-state index in [4.69, 9.17) is 0 Å². The molecule has 0 spiro atoms. The normalized spacial score (nSPS) is 20.1. The summed E-state index contributed by atoms with van der Waals surface area (Å²) in [6, 6.07) is 0.508. The largest absolute Gasteiger partial charge is 0.335 e. The van der Waals surface area contributed by atoms with Gasteiger partial charge in [0, 0.05) is 19.1 Å². The summed E-state index contributed by atoms with van der Waals surface area (Å²) >= 11 is 0. The van der Waals surface area contributed by atoms with E-state index in [9.17, 15) is 0 Å². The van der Waals surface area contributed by atoms with Crippen LogP contribution in [0.4, 0.5) is 5.95 Å². The van der Waals surface area contributed by atoms with Crippen LogP contribution in [0, 0.1) is 13.8 Å². The smallest absolute Gasteiger partial charge is 0.245 e. The number of hydrogen-bond acceptors (Lipinski definition) is 5. The van der Waals surface area contributed by atoms with E-state index in [1.807, 2.05) is 13.8 Å². The predicted molar refractivity (Wildman–Crippen MR) is 63.6 cm³/mol. The second-order valence-corrected chi connectivity index (χ2v) is 4.22. The summed E-state index contributed by atoms with van der Waals surface area (Å²) in [6.07, 6.45) is 1.16. The maximum absolute atomic E-state index is 4.51. The van der Waals surface area contributed by atoms with Gasteiger partial charge in [0.15, 0.2) is 0 Å². The molecule has 0 radical (unpaired) electrons. The van der Waals surface area contributed by atoms with E-state index in [2.05, 4.69) is 32.3 Å². The van der Waals surface area contributed by atoms with Crippen molar-refractivity contribution in [3.8, 4) is 0 Å². The van der Waals surface area contributed by atoms with Crippen LogP contribution < -0.4 is 10.2 Å². The number of rotatable bonds is 3.